The second-order valence-electron chi connectivity index (χ2n) is 4.95. The zero-order chi connectivity index (χ0) is 12.7. The number of carbonyl (C=O) groups excluding carboxylic acids is 1. The molecule has 0 radical (unpaired) electrons. The van der Waals surface area contributed by atoms with Crippen molar-refractivity contribution in [2.24, 2.45) is 5.92 Å². The molecule has 0 aromatic heterocycles. The number of piperidine rings is 1. The molecule has 1 amide bonds. The minimum Gasteiger partial charge on any atom is -0.377 e. The highest BCUT2D eigenvalue weighted by Crippen LogP contribution is 2.17. The summed E-state index contributed by atoms with van der Waals surface area (Å²) < 4.78 is 5.37. The first-order chi connectivity index (χ1) is 8.13. The van der Waals surface area contributed by atoms with Gasteiger partial charge in [0, 0.05) is 25.6 Å². The Morgan fingerprint density at radius 1 is 1.59 bits per heavy atom. The molecule has 3 atom stereocenters. The Morgan fingerprint density at radius 3 is 3.00 bits per heavy atom. The van der Waals surface area contributed by atoms with Crippen LogP contribution in [0.2, 0.25) is 0 Å². The Hall–Kier alpha value is -0.610. The van der Waals surface area contributed by atoms with Crippen LogP contribution in [-0.4, -0.2) is 37.7 Å². The van der Waals surface area contributed by atoms with Crippen LogP contribution in [0.3, 0.4) is 0 Å². The van der Waals surface area contributed by atoms with E-state index in [1.807, 2.05) is 13.8 Å². The Kier molecular flexibility index (Phi) is 6.52. The molecular formula is C13H26N2O2. The zero-order valence-corrected chi connectivity index (χ0v) is 11.3. The van der Waals surface area contributed by atoms with Crippen molar-refractivity contribution in [3.8, 4) is 0 Å². The molecule has 1 saturated heterocycles. The van der Waals surface area contributed by atoms with Gasteiger partial charge in [-0.2, -0.15) is 0 Å². The van der Waals surface area contributed by atoms with Crippen molar-refractivity contribution in [2.45, 2.75) is 52.2 Å². The largest absolute Gasteiger partial charge is 0.377 e. The number of ether oxygens (including phenoxy) is 1. The molecule has 4 heteroatoms. The summed E-state index contributed by atoms with van der Waals surface area (Å²) in [5, 5.41) is 6.35. The molecule has 3 unspecified atom stereocenters. The average molecular weight is 242 g/mol. The van der Waals surface area contributed by atoms with E-state index in [0.717, 1.165) is 6.54 Å². The van der Waals surface area contributed by atoms with E-state index in [-0.39, 0.29) is 12.0 Å². The van der Waals surface area contributed by atoms with Crippen molar-refractivity contribution in [3.63, 3.8) is 0 Å². The van der Waals surface area contributed by atoms with E-state index < -0.39 is 0 Å². The predicted octanol–water partition coefficient (Wildman–Crippen LogP) is 1.31. The molecule has 1 heterocycles. The van der Waals surface area contributed by atoms with Crippen LogP contribution >= 0.6 is 0 Å². The second-order valence-corrected chi connectivity index (χ2v) is 4.95. The first kappa shape index (κ1) is 14.5. The molecule has 17 heavy (non-hydrogen) atoms. The monoisotopic (exact) mass is 242 g/mol. The Morgan fingerprint density at radius 2 is 2.35 bits per heavy atom. The van der Waals surface area contributed by atoms with Crippen LogP contribution in [0.1, 0.15) is 40.0 Å². The van der Waals surface area contributed by atoms with Crippen LogP contribution in [0.4, 0.5) is 0 Å². The predicted molar refractivity (Wildman–Crippen MR) is 68.9 cm³/mol. The molecule has 0 bridgehead atoms. The van der Waals surface area contributed by atoms with Crippen molar-refractivity contribution >= 4 is 5.91 Å². The molecule has 0 aromatic carbocycles. The van der Waals surface area contributed by atoms with E-state index in [2.05, 4.69) is 17.6 Å². The molecule has 0 aliphatic carbocycles. The van der Waals surface area contributed by atoms with Gasteiger partial charge in [-0.15, -0.1) is 0 Å². The van der Waals surface area contributed by atoms with E-state index in [1.54, 1.807) is 0 Å². The summed E-state index contributed by atoms with van der Waals surface area (Å²) >= 11 is 0. The van der Waals surface area contributed by atoms with Gasteiger partial charge in [-0.1, -0.05) is 6.92 Å². The highest BCUT2D eigenvalue weighted by Gasteiger charge is 2.23. The lowest BCUT2D eigenvalue weighted by molar-refractivity contribution is -0.122. The summed E-state index contributed by atoms with van der Waals surface area (Å²) in [7, 11) is 0. The fourth-order valence-corrected chi connectivity index (χ4v) is 2.26. The molecule has 4 nitrogen and oxygen atoms in total. The molecule has 1 fully saturated rings. The van der Waals surface area contributed by atoms with Crippen molar-refractivity contribution in [1.29, 1.82) is 0 Å². The fourth-order valence-electron chi connectivity index (χ4n) is 2.26. The number of carbonyl (C=O) groups is 1. The lowest BCUT2D eigenvalue weighted by Gasteiger charge is -2.29. The normalized spacial score (nSPS) is 26.5. The van der Waals surface area contributed by atoms with Crippen molar-refractivity contribution in [3.05, 3.63) is 0 Å². The number of rotatable bonds is 6. The van der Waals surface area contributed by atoms with Crippen LogP contribution < -0.4 is 10.6 Å². The number of hydrogen-bond donors (Lipinski definition) is 2. The van der Waals surface area contributed by atoms with Crippen LogP contribution in [0.5, 0.6) is 0 Å². The SMILES string of the molecule is CCOC(C)CNC(=O)CC1NCCCC1C. The third-order valence-electron chi connectivity index (χ3n) is 3.37. The van der Waals surface area contributed by atoms with Gasteiger partial charge in [-0.3, -0.25) is 4.79 Å². The second kappa shape index (κ2) is 7.67. The van der Waals surface area contributed by atoms with Crippen LogP contribution in [0, 0.1) is 5.92 Å². The van der Waals surface area contributed by atoms with E-state index in [4.69, 9.17) is 4.74 Å². The van der Waals surface area contributed by atoms with Crippen molar-refractivity contribution in [2.75, 3.05) is 19.7 Å². The summed E-state index contributed by atoms with van der Waals surface area (Å²) in [5.74, 6) is 0.724. The van der Waals surface area contributed by atoms with Gasteiger partial charge in [-0.25, -0.2) is 0 Å². The smallest absolute Gasteiger partial charge is 0.221 e. The number of hydrogen-bond acceptors (Lipinski definition) is 3. The summed E-state index contributed by atoms with van der Waals surface area (Å²) in [6, 6.07) is 0.339. The third kappa shape index (κ3) is 5.50. The lowest BCUT2D eigenvalue weighted by atomic mass is 9.90. The molecule has 1 aliphatic rings. The van der Waals surface area contributed by atoms with Crippen molar-refractivity contribution < 1.29 is 9.53 Å². The fraction of sp³-hybridized carbons (Fsp3) is 0.923. The summed E-state index contributed by atoms with van der Waals surface area (Å²) in [5.41, 5.74) is 0. The topological polar surface area (TPSA) is 50.4 Å². The minimum absolute atomic E-state index is 0.0979. The van der Waals surface area contributed by atoms with E-state index in [9.17, 15) is 4.79 Å². The van der Waals surface area contributed by atoms with E-state index in [0.29, 0.717) is 31.5 Å². The van der Waals surface area contributed by atoms with Gasteiger partial charge in [-0.05, 0) is 39.2 Å². The maximum absolute atomic E-state index is 11.8. The summed E-state index contributed by atoms with van der Waals surface area (Å²) in [6.45, 7) is 8.49. The Balaban J connectivity index is 2.19. The van der Waals surface area contributed by atoms with E-state index in [1.165, 1.54) is 12.8 Å². The highest BCUT2D eigenvalue weighted by molar-refractivity contribution is 5.76. The van der Waals surface area contributed by atoms with Gasteiger partial charge < -0.3 is 15.4 Å². The average Bonchev–Trinajstić information content (AvgIpc) is 2.30. The highest BCUT2D eigenvalue weighted by atomic mass is 16.5. The van der Waals surface area contributed by atoms with Gasteiger partial charge in [0.15, 0.2) is 0 Å². The quantitative estimate of drug-likeness (QED) is 0.738. The van der Waals surface area contributed by atoms with Crippen LogP contribution in [0.25, 0.3) is 0 Å². The standard InChI is InChI=1S/C13H26N2O2/c1-4-17-11(3)9-15-13(16)8-12-10(2)6-5-7-14-12/h10-12,14H,4-9H2,1-3H3,(H,15,16). The van der Waals surface area contributed by atoms with Gasteiger partial charge in [0.05, 0.1) is 6.10 Å². The van der Waals surface area contributed by atoms with E-state index >= 15 is 0 Å². The van der Waals surface area contributed by atoms with Gasteiger partial charge in [0.2, 0.25) is 5.91 Å². The number of amides is 1. The number of nitrogens with one attached hydrogen (secondary N) is 2. The Bertz CT molecular complexity index is 233. The molecule has 0 aromatic rings. The molecule has 1 rings (SSSR count). The summed E-state index contributed by atoms with van der Waals surface area (Å²) in [6.07, 6.45) is 3.13. The third-order valence-corrected chi connectivity index (χ3v) is 3.37. The molecule has 2 N–H and O–H groups in total. The maximum atomic E-state index is 11.8. The minimum atomic E-state index is 0.0979. The first-order valence-electron chi connectivity index (χ1n) is 6.75. The summed E-state index contributed by atoms with van der Waals surface area (Å²) in [4.78, 5) is 11.8. The van der Waals surface area contributed by atoms with Gasteiger partial charge >= 0.3 is 0 Å². The van der Waals surface area contributed by atoms with Crippen molar-refractivity contribution in [1.82, 2.24) is 10.6 Å². The van der Waals surface area contributed by atoms with Crippen LogP contribution in [0.15, 0.2) is 0 Å². The maximum Gasteiger partial charge on any atom is 0.221 e. The molecular weight excluding hydrogens is 216 g/mol. The Labute approximate surface area is 104 Å². The molecule has 1 aliphatic heterocycles. The van der Waals surface area contributed by atoms with Gasteiger partial charge in [0.1, 0.15) is 0 Å². The molecule has 100 valence electrons. The van der Waals surface area contributed by atoms with Crippen LogP contribution in [-0.2, 0) is 9.53 Å². The molecule has 0 spiro atoms. The zero-order valence-electron chi connectivity index (χ0n) is 11.3. The first-order valence-corrected chi connectivity index (χ1v) is 6.75. The van der Waals surface area contributed by atoms with Gasteiger partial charge in [0.25, 0.3) is 0 Å². The molecule has 0 saturated carbocycles. The lowest BCUT2D eigenvalue weighted by Crippen LogP contribution is -2.44.